The minimum atomic E-state index is 1.01. The summed E-state index contributed by atoms with van der Waals surface area (Å²) >= 11 is 3.52. The third kappa shape index (κ3) is 4.37. The molecule has 134 valence electrons. The highest BCUT2D eigenvalue weighted by atomic mass is 79.9. The van der Waals surface area contributed by atoms with Gasteiger partial charge < -0.3 is 0 Å². The first kappa shape index (κ1) is 17.7. The SMILES string of the molecule is Brc1ccc(-c2nn(-c3ccccc3)cc2CCCc2ccccc2)cc1. The summed E-state index contributed by atoms with van der Waals surface area (Å²) in [5, 5.41) is 4.91. The summed E-state index contributed by atoms with van der Waals surface area (Å²) in [6.45, 7) is 0. The molecule has 2 nitrogen and oxygen atoms in total. The van der Waals surface area contributed by atoms with E-state index in [0.717, 1.165) is 40.7 Å². The highest BCUT2D eigenvalue weighted by Crippen LogP contribution is 2.26. The van der Waals surface area contributed by atoms with Crippen LogP contribution in [-0.4, -0.2) is 9.78 Å². The Morgan fingerprint density at radius 1 is 0.741 bits per heavy atom. The molecule has 1 aromatic heterocycles. The zero-order valence-electron chi connectivity index (χ0n) is 15.1. The molecule has 0 radical (unpaired) electrons. The molecule has 0 saturated carbocycles. The van der Waals surface area contributed by atoms with Gasteiger partial charge >= 0.3 is 0 Å². The van der Waals surface area contributed by atoms with Gasteiger partial charge in [0.2, 0.25) is 0 Å². The van der Waals surface area contributed by atoms with E-state index >= 15 is 0 Å². The lowest BCUT2D eigenvalue weighted by atomic mass is 10.0. The third-order valence-corrected chi connectivity index (χ3v) is 5.21. The molecule has 1 heterocycles. The summed E-state index contributed by atoms with van der Waals surface area (Å²) in [6, 6.07) is 29.4. The van der Waals surface area contributed by atoms with Gasteiger partial charge in [0.05, 0.1) is 11.4 Å². The Labute approximate surface area is 168 Å². The van der Waals surface area contributed by atoms with Crippen molar-refractivity contribution in [2.75, 3.05) is 0 Å². The molecule has 0 amide bonds. The van der Waals surface area contributed by atoms with Crippen molar-refractivity contribution in [3.8, 4) is 16.9 Å². The molecule has 3 heteroatoms. The zero-order chi connectivity index (χ0) is 18.5. The van der Waals surface area contributed by atoms with Crippen molar-refractivity contribution in [1.29, 1.82) is 0 Å². The highest BCUT2D eigenvalue weighted by Gasteiger charge is 2.12. The van der Waals surface area contributed by atoms with Crippen LogP contribution in [0.4, 0.5) is 0 Å². The maximum atomic E-state index is 4.91. The van der Waals surface area contributed by atoms with E-state index in [0.29, 0.717) is 0 Å². The minimum Gasteiger partial charge on any atom is -0.240 e. The van der Waals surface area contributed by atoms with E-state index in [9.17, 15) is 0 Å². The number of hydrogen-bond acceptors (Lipinski definition) is 1. The van der Waals surface area contributed by atoms with E-state index in [2.05, 4.69) is 88.9 Å². The zero-order valence-corrected chi connectivity index (χ0v) is 16.6. The van der Waals surface area contributed by atoms with Gasteiger partial charge in [-0.1, -0.05) is 76.6 Å². The van der Waals surface area contributed by atoms with Gasteiger partial charge in [0.1, 0.15) is 0 Å². The Morgan fingerprint density at radius 3 is 2.11 bits per heavy atom. The van der Waals surface area contributed by atoms with E-state index in [1.807, 2.05) is 22.9 Å². The first-order chi connectivity index (χ1) is 13.3. The van der Waals surface area contributed by atoms with Crippen molar-refractivity contribution in [2.45, 2.75) is 19.3 Å². The van der Waals surface area contributed by atoms with Gasteiger partial charge in [0.15, 0.2) is 0 Å². The first-order valence-electron chi connectivity index (χ1n) is 9.23. The Balaban J connectivity index is 1.61. The Hall–Kier alpha value is -2.65. The van der Waals surface area contributed by atoms with Gasteiger partial charge in [0.25, 0.3) is 0 Å². The molecule has 0 aliphatic heterocycles. The molecule has 0 unspecified atom stereocenters. The van der Waals surface area contributed by atoms with Crippen LogP contribution in [0.3, 0.4) is 0 Å². The molecule has 0 atom stereocenters. The summed E-state index contributed by atoms with van der Waals surface area (Å²) in [5.41, 5.74) is 5.99. The molecule has 0 aliphatic carbocycles. The van der Waals surface area contributed by atoms with Gasteiger partial charge in [-0.05, 0) is 54.7 Å². The minimum absolute atomic E-state index is 1.01. The van der Waals surface area contributed by atoms with Crippen LogP contribution in [0.5, 0.6) is 0 Å². The quantitative estimate of drug-likeness (QED) is 0.351. The Bertz CT molecular complexity index is 990. The van der Waals surface area contributed by atoms with Crippen molar-refractivity contribution in [1.82, 2.24) is 9.78 Å². The monoisotopic (exact) mass is 416 g/mol. The largest absolute Gasteiger partial charge is 0.240 e. The van der Waals surface area contributed by atoms with Crippen LogP contribution < -0.4 is 0 Å². The van der Waals surface area contributed by atoms with E-state index < -0.39 is 0 Å². The van der Waals surface area contributed by atoms with E-state index in [-0.39, 0.29) is 0 Å². The van der Waals surface area contributed by atoms with Crippen molar-refractivity contribution in [3.05, 3.63) is 107 Å². The fraction of sp³-hybridized carbons (Fsp3) is 0.125. The highest BCUT2D eigenvalue weighted by molar-refractivity contribution is 9.10. The fourth-order valence-corrected chi connectivity index (χ4v) is 3.55. The van der Waals surface area contributed by atoms with Gasteiger partial charge in [0, 0.05) is 16.2 Å². The fourth-order valence-electron chi connectivity index (χ4n) is 3.28. The molecule has 27 heavy (non-hydrogen) atoms. The second kappa shape index (κ2) is 8.36. The average molecular weight is 417 g/mol. The second-order valence-electron chi connectivity index (χ2n) is 6.63. The number of halogens is 1. The van der Waals surface area contributed by atoms with Crippen LogP contribution in [0.25, 0.3) is 16.9 Å². The molecule has 0 saturated heterocycles. The van der Waals surface area contributed by atoms with Crippen LogP contribution in [0.1, 0.15) is 17.5 Å². The summed E-state index contributed by atoms with van der Waals surface area (Å²) in [7, 11) is 0. The number of rotatable bonds is 6. The Kier molecular flexibility index (Phi) is 5.50. The molecular formula is C24H21BrN2. The van der Waals surface area contributed by atoms with Crippen LogP contribution >= 0.6 is 15.9 Å². The van der Waals surface area contributed by atoms with Crippen molar-refractivity contribution < 1.29 is 0 Å². The summed E-state index contributed by atoms with van der Waals surface area (Å²) in [6.07, 6.45) is 5.37. The van der Waals surface area contributed by atoms with Crippen LogP contribution in [0.15, 0.2) is 95.6 Å². The van der Waals surface area contributed by atoms with Gasteiger partial charge in [-0.2, -0.15) is 5.10 Å². The molecule has 4 aromatic rings. The van der Waals surface area contributed by atoms with Crippen LogP contribution in [-0.2, 0) is 12.8 Å². The first-order valence-corrected chi connectivity index (χ1v) is 10.0. The van der Waals surface area contributed by atoms with E-state index in [4.69, 9.17) is 5.10 Å². The molecule has 0 bridgehead atoms. The van der Waals surface area contributed by atoms with Crippen molar-refractivity contribution in [2.24, 2.45) is 0 Å². The average Bonchev–Trinajstić information content (AvgIpc) is 3.14. The summed E-state index contributed by atoms with van der Waals surface area (Å²) < 4.78 is 3.08. The number of para-hydroxylation sites is 1. The third-order valence-electron chi connectivity index (χ3n) is 4.68. The maximum Gasteiger partial charge on any atom is 0.0959 e. The van der Waals surface area contributed by atoms with Crippen molar-refractivity contribution >= 4 is 15.9 Å². The molecular weight excluding hydrogens is 396 g/mol. The van der Waals surface area contributed by atoms with Crippen LogP contribution in [0, 0.1) is 0 Å². The van der Waals surface area contributed by atoms with Crippen molar-refractivity contribution in [3.63, 3.8) is 0 Å². The molecule has 4 rings (SSSR count). The predicted molar refractivity (Wildman–Crippen MR) is 115 cm³/mol. The number of aromatic nitrogens is 2. The number of nitrogens with zero attached hydrogens (tertiary/aromatic N) is 2. The lowest BCUT2D eigenvalue weighted by Gasteiger charge is -2.04. The number of hydrogen-bond donors (Lipinski definition) is 0. The maximum absolute atomic E-state index is 4.91. The molecule has 3 aromatic carbocycles. The summed E-state index contributed by atoms with van der Waals surface area (Å²) in [5.74, 6) is 0. The normalized spacial score (nSPS) is 10.9. The molecule has 0 spiro atoms. The van der Waals surface area contributed by atoms with Gasteiger partial charge in [-0.15, -0.1) is 0 Å². The molecule has 0 aliphatic rings. The summed E-state index contributed by atoms with van der Waals surface area (Å²) in [4.78, 5) is 0. The number of aryl methyl sites for hydroxylation is 2. The molecule has 0 N–H and O–H groups in total. The van der Waals surface area contributed by atoms with E-state index in [1.165, 1.54) is 11.1 Å². The second-order valence-corrected chi connectivity index (χ2v) is 7.54. The smallest absolute Gasteiger partial charge is 0.0959 e. The lowest BCUT2D eigenvalue weighted by Crippen LogP contribution is -1.93. The number of benzene rings is 3. The van der Waals surface area contributed by atoms with Gasteiger partial charge in [-0.25, -0.2) is 4.68 Å². The topological polar surface area (TPSA) is 17.8 Å². The lowest BCUT2D eigenvalue weighted by molar-refractivity contribution is 0.820. The van der Waals surface area contributed by atoms with Gasteiger partial charge in [-0.3, -0.25) is 0 Å². The predicted octanol–water partition coefficient (Wildman–Crippen LogP) is 6.48. The van der Waals surface area contributed by atoms with Crippen LogP contribution in [0.2, 0.25) is 0 Å². The molecule has 0 fully saturated rings. The van der Waals surface area contributed by atoms with E-state index in [1.54, 1.807) is 0 Å². The standard InChI is InChI=1S/C24H21BrN2/c25-22-16-14-20(15-17-22)24-21(11-7-10-19-8-3-1-4-9-19)18-27(26-24)23-12-5-2-6-13-23/h1-6,8-9,12-18H,7,10-11H2. The Morgan fingerprint density at radius 2 is 1.41 bits per heavy atom.